The quantitative estimate of drug-likeness (QED) is 0.623. The lowest BCUT2D eigenvalue weighted by atomic mass is 9.86. The molecule has 1 fully saturated rings. The van der Waals surface area contributed by atoms with Gasteiger partial charge in [-0.25, -0.2) is 9.37 Å². The topological polar surface area (TPSA) is 83.0 Å². The van der Waals surface area contributed by atoms with Gasteiger partial charge in [-0.05, 0) is 56.1 Å². The summed E-state index contributed by atoms with van der Waals surface area (Å²) >= 11 is 1.36. The van der Waals surface area contributed by atoms with Gasteiger partial charge in [-0.15, -0.1) is 0 Å². The lowest BCUT2D eigenvalue weighted by Gasteiger charge is -2.51. The summed E-state index contributed by atoms with van der Waals surface area (Å²) in [5.41, 5.74) is 1.86. The molecule has 30 heavy (non-hydrogen) atoms. The number of nitrogens with one attached hydrogen (secondary N) is 2. The summed E-state index contributed by atoms with van der Waals surface area (Å²) in [6.07, 6.45) is 2.55. The van der Waals surface area contributed by atoms with Crippen LogP contribution in [0.1, 0.15) is 35.0 Å². The molecule has 0 radical (unpaired) electrons. The fraction of sp³-hybridized carbons (Fsp3) is 0.333. The van der Waals surface area contributed by atoms with Crippen LogP contribution in [-0.2, 0) is 0 Å². The molecule has 2 N–H and O–H groups in total. The molecule has 2 aromatic heterocycles. The number of aryl methyl sites for hydroxylation is 2. The van der Waals surface area contributed by atoms with Crippen LogP contribution in [0.4, 0.5) is 21.2 Å². The van der Waals surface area contributed by atoms with Crippen molar-refractivity contribution in [2.24, 2.45) is 0 Å². The molecule has 7 nitrogen and oxygen atoms in total. The first-order chi connectivity index (χ1) is 14.4. The van der Waals surface area contributed by atoms with E-state index in [1.54, 1.807) is 18.3 Å². The largest absolute Gasteiger partial charge is 0.351 e. The van der Waals surface area contributed by atoms with Crippen molar-refractivity contribution in [3.8, 4) is 0 Å². The molecule has 0 spiro atoms. The minimum absolute atomic E-state index is 0.265. The normalized spacial score (nSPS) is 14.9. The number of anilines is 3. The molecule has 0 bridgehead atoms. The molecule has 4 rings (SSSR count). The van der Waals surface area contributed by atoms with Gasteiger partial charge in [0.2, 0.25) is 5.95 Å². The van der Waals surface area contributed by atoms with E-state index in [1.807, 2.05) is 26.8 Å². The Kier molecular flexibility index (Phi) is 5.38. The second-order valence-electron chi connectivity index (χ2n) is 7.61. The molecule has 0 atom stereocenters. The third kappa shape index (κ3) is 4.11. The van der Waals surface area contributed by atoms with Crippen LogP contribution in [0, 0.1) is 19.7 Å². The molecular formula is C21H23FN6OS. The van der Waals surface area contributed by atoms with E-state index in [1.165, 1.54) is 23.7 Å². The van der Waals surface area contributed by atoms with Gasteiger partial charge < -0.3 is 15.5 Å². The zero-order valence-corrected chi connectivity index (χ0v) is 17.9. The lowest BCUT2D eigenvalue weighted by molar-refractivity contribution is 0.0872. The SMILES string of the molecule is CCC1(NC(=O)c2cccc(F)c2)CN(c2nc(Nc3cc(C)ns3)ncc2C)C1. The molecule has 1 aromatic carbocycles. The summed E-state index contributed by atoms with van der Waals surface area (Å²) in [6.45, 7) is 7.19. The predicted octanol–water partition coefficient (Wildman–Crippen LogP) is 3.83. The molecule has 1 amide bonds. The minimum Gasteiger partial charge on any atom is -0.351 e. The average molecular weight is 427 g/mol. The first-order valence-electron chi connectivity index (χ1n) is 9.74. The molecular weight excluding hydrogens is 403 g/mol. The van der Waals surface area contributed by atoms with E-state index in [-0.39, 0.29) is 11.4 Å². The highest BCUT2D eigenvalue weighted by Gasteiger charge is 2.44. The van der Waals surface area contributed by atoms with Crippen molar-refractivity contribution in [1.82, 2.24) is 19.7 Å². The van der Waals surface area contributed by atoms with Crippen LogP contribution >= 0.6 is 11.5 Å². The molecule has 1 saturated heterocycles. The summed E-state index contributed by atoms with van der Waals surface area (Å²) in [6, 6.07) is 7.68. The summed E-state index contributed by atoms with van der Waals surface area (Å²) in [4.78, 5) is 23.7. The van der Waals surface area contributed by atoms with E-state index in [9.17, 15) is 9.18 Å². The molecule has 3 heterocycles. The molecule has 0 saturated carbocycles. The van der Waals surface area contributed by atoms with Gasteiger partial charge in [0.05, 0.1) is 11.2 Å². The molecule has 156 valence electrons. The van der Waals surface area contributed by atoms with Crippen LogP contribution in [-0.4, -0.2) is 38.9 Å². The van der Waals surface area contributed by atoms with E-state index >= 15 is 0 Å². The van der Waals surface area contributed by atoms with Crippen LogP contribution in [0.3, 0.4) is 0 Å². The number of amides is 1. The van der Waals surface area contributed by atoms with Gasteiger partial charge in [-0.2, -0.15) is 9.36 Å². The number of benzene rings is 1. The second-order valence-corrected chi connectivity index (χ2v) is 8.42. The Morgan fingerprint density at radius 3 is 2.77 bits per heavy atom. The van der Waals surface area contributed by atoms with Gasteiger partial charge in [-0.3, -0.25) is 4.79 Å². The lowest BCUT2D eigenvalue weighted by Crippen LogP contribution is -2.70. The zero-order valence-electron chi connectivity index (χ0n) is 17.1. The van der Waals surface area contributed by atoms with Crippen LogP contribution < -0.4 is 15.5 Å². The van der Waals surface area contributed by atoms with E-state index in [2.05, 4.69) is 29.9 Å². The number of carbonyl (C=O) groups excluding carboxylic acids is 1. The number of rotatable bonds is 6. The van der Waals surface area contributed by atoms with Gasteiger partial charge in [0, 0.05) is 30.4 Å². The van der Waals surface area contributed by atoms with Crippen molar-refractivity contribution in [3.63, 3.8) is 0 Å². The highest BCUT2D eigenvalue weighted by molar-refractivity contribution is 7.10. The monoisotopic (exact) mass is 426 g/mol. The Morgan fingerprint density at radius 1 is 1.30 bits per heavy atom. The minimum atomic E-state index is -0.420. The third-order valence-corrected chi connectivity index (χ3v) is 6.03. The fourth-order valence-corrected chi connectivity index (χ4v) is 4.17. The standard InChI is InChI=1S/C21H23FN6OS/c1-4-21(26-19(29)15-6-5-7-16(22)9-15)11-28(12-21)18-13(2)10-23-20(25-18)24-17-8-14(3)27-30-17/h5-10H,4,11-12H2,1-3H3,(H,26,29)(H,23,24,25). The Bertz CT molecular complexity index is 1080. The van der Waals surface area contributed by atoms with E-state index < -0.39 is 5.82 Å². The molecule has 0 aliphatic carbocycles. The van der Waals surface area contributed by atoms with E-state index in [0.717, 1.165) is 28.5 Å². The van der Waals surface area contributed by atoms with Gasteiger partial charge in [0.15, 0.2) is 0 Å². The highest BCUT2D eigenvalue weighted by atomic mass is 32.1. The van der Waals surface area contributed by atoms with Crippen LogP contribution in [0.2, 0.25) is 0 Å². The Labute approximate surface area is 178 Å². The van der Waals surface area contributed by atoms with Gasteiger partial charge in [0.1, 0.15) is 16.6 Å². The maximum atomic E-state index is 13.4. The number of hydrogen-bond donors (Lipinski definition) is 2. The molecule has 1 aliphatic rings. The molecule has 9 heteroatoms. The number of hydrogen-bond acceptors (Lipinski definition) is 7. The summed E-state index contributed by atoms with van der Waals surface area (Å²) in [5, 5.41) is 7.16. The average Bonchev–Trinajstić information content (AvgIpc) is 3.10. The molecule has 0 unspecified atom stereocenters. The first kappa shape index (κ1) is 20.2. The van der Waals surface area contributed by atoms with Gasteiger partial charge in [-0.1, -0.05) is 13.0 Å². The summed E-state index contributed by atoms with van der Waals surface area (Å²) < 4.78 is 17.7. The van der Waals surface area contributed by atoms with Crippen LogP contribution in [0.5, 0.6) is 0 Å². The first-order valence-corrected chi connectivity index (χ1v) is 10.5. The van der Waals surface area contributed by atoms with Crippen molar-refractivity contribution in [2.75, 3.05) is 23.3 Å². The van der Waals surface area contributed by atoms with Crippen LogP contribution in [0.25, 0.3) is 0 Å². The Morgan fingerprint density at radius 2 is 2.10 bits per heavy atom. The third-order valence-electron chi connectivity index (χ3n) is 5.24. The Hall–Kier alpha value is -3.07. The maximum absolute atomic E-state index is 13.4. The Balaban J connectivity index is 1.46. The zero-order chi connectivity index (χ0) is 21.3. The van der Waals surface area contributed by atoms with Crippen molar-refractivity contribution >= 4 is 34.2 Å². The summed E-state index contributed by atoms with van der Waals surface area (Å²) in [7, 11) is 0. The number of halogens is 1. The molecule has 1 aliphatic heterocycles. The maximum Gasteiger partial charge on any atom is 0.251 e. The van der Waals surface area contributed by atoms with Crippen molar-refractivity contribution in [3.05, 3.63) is 59.2 Å². The fourth-order valence-electron chi connectivity index (χ4n) is 3.51. The second kappa shape index (κ2) is 7.98. The van der Waals surface area contributed by atoms with Crippen molar-refractivity contribution < 1.29 is 9.18 Å². The summed E-state index contributed by atoms with van der Waals surface area (Å²) in [5.74, 6) is 0.657. The van der Waals surface area contributed by atoms with E-state index in [0.29, 0.717) is 24.6 Å². The molecule has 3 aromatic rings. The number of aromatic nitrogens is 3. The van der Waals surface area contributed by atoms with Gasteiger partial charge in [0.25, 0.3) is 5.91 Å². The predicted molar refractivity (Wildman–Crippen MR) is 116 cm³/mol. The van der Waals surface area contributed by atoms with E-state index in [4.69, 9.17) is 0 Å². The smallest absolute Gasteiger partial charge is 0.251 e. The highest BCUT2D eigenvalue weighted by Crippen LogP contribution is 2.32. The van der Waals surface area contributed by atoms with Crippen LogP contribution in [0.15, 0.2) is 36.5 Å². The van der Waals surface area contributed by atoms with Gasteiger partial charge >= 0.3 is 0 Å². The number of carbonyl (C=O) groups is 1. The van der Waals surface area contributed by atoms with Crippen molar-refractivity contribution in [1.29, 1.82) is 0 Å². The van der Waals surface area contributed by atoms with Crippen molar-refractivity contribution in [2.45, 2.75) is 32.7 Å². The number of nitrogens with zero attached hydrogens (tertiary/aromatic N) is 4.